The van der Waals surface area contributed by atoms with Gasteiger partial charge in [-0.1, -0.05) is 27.4 Å². The van der Waals surface area contributed by atoms with E-state index in [9.17, 15) is 24.9 Å². The smallest absolute Gasteiger partial charge is 0.306 e. The maximum absolute atomic E-state index is 13.8. The van der Waals surface area contributed by atoms with Gasteiger partial charge in [0.05, 0.1) is 12.7 Å². The highest BCUT2D eigenvalue weighted by Gasteiger charge is 2.87. The number of hydrogen-bond acceptors (Lipinski definition) is 7. The van der Waals surface area contributed by atoms with Gasteiger partial charge in [0.1, 0.15) is 17.6 Å². The number of carbonyl (C=O) groups is 2. The summed E-state index contributed by atoms with van der Waals surface area (Å²) in [5, 5.41) is 35.0. The molecule has 2 heterocycles. The topological polar surface area (TPSA) is 113 Å². The summed E-state index contributed by atoms with van der Waals surface area (Å²) in [6, 6.07) is 0. The first-order valence-corrected chi connectivity index (χ1v) is 11.7. The minimum Gasteiger partial charge on any atom is -0.460 e. The monoisotopic (exact) mass is 434 g/mol. The Morgan fingerprint density at radius 2 is 1.97 bits per heavy atom. The number of Topliss-reactive ketones (excluding diaryl/α,β-unsaturated/α-hetero) is 1. The lowest BCUT2D eigenvalue weighted by Gasteiger charge is -2.74. The van der Waals surface area contributed by atoms with Crippen LogP contribution in [0.5, 0.6) is 0 Å². The minimum absolute atomic E-state index is 0.0717. The molecule has 2 aliphatic heterocycles. The summed E-state index contributed by atoms with van der Waals surface area (Å²) in [6.45, 7) is 10.0. The molecule has 4 bridgehead atoms. The van der Waals surface area contributed by atoms with Gasteiger partial charge in [-0.15, -0.1) is 0 Å². The average molecular weight is 435 g/mol. The Morgan fingerprint density at radius 3 is 2.65 bits per heavy atom. The van der Waals surface area contributed by atoms with Crippen LogP contribution in [-0.4, -0.2) is 57.8 Å². The van der Waals surface area contributed by atoms with E-state index in [1.165, 1.54) is 0 Å². The molecule has 4 aliphatic carbocycles. The van der Waals surface area contributed by atoms with Crippen LogP contribution in [0.3, 0.4) is 0 Å². The molecule has 172 valence electrons. The highest BCUT2D eigenvalue weighted by Crippen LogP contribution is 2.76. The van der Waals surface area contributed by atoms with Crippen LogP contribution >= 0.6 is 0 Å². The Labute approximate surface area is 182 Å². The van der Waals surface area contributed by atoms with Crippen molar-refractivity contribution in [1.29, 1.82) is 0 Å². The van der Waals surface area contributed by atoms with Gasteiger partial charge in [-0.25, -0.2) is 0 Å². The molecule has 6 aliphatic rings. The Balaban J connectivity index is 1.73. The van der Waals surface area contributed by atoms with Crippen molar-refractivity contribution < 1.29 is 34.4 Å². The van der Waals surface area contributed by atoms with Crippen molar-refractivity contribution in [3.63, 3.8) is 0 Å². The molecule has 31 heavy (non-hydrogen) atoms. The fraction of sp³-hybridized carbons (Fsp3) is 0.833. The van der Waals surface area contributed by atoms with E-state index >= 15 is 0 Å². The molecule has 2 saturated heterocycles. The van der Waals surface area contributed by atoms with Crippen LogP contribution in [0.25, 0.3) is 0 Å². The Bertz CT molecular complexity index is 851. The normalized spacial score (nSPS) is 51.9. The van der Waals surface area contributed by atoms with Crippen molar-refractivity contribution in [1.82, 2.24) is 0 Å². The molecule has 9 unspecified atom stereocenters. The van der Waals surface area contributed by atoms with Gasteiger partial charge in [-0.05, 0) is 49.0 Å². The third kappa shape index (κ3) is 2.19. The zero-order valence-electron chi connectivity index (χ0n) is 18.6. The molecule has 0 radical (unpaired) electrons. The van der Waals surface area contributed by atoms with Crippen LogP contribution in [-0.2, 0) is 19.1 Å². The predicted molar refractivity (Wildman–Crippen MR) is 109 cm³/mol. The number of fused-ring (bicyclic) bond motifs is 2. The van der Waals surface area contributed by atoms with Crippen molar-refractivity contribution in [2.75, 3.05) is 6.61 Å². The van der Waals surface area contributed by atoms with E-state index in [1.54, 1.807) is 0 Å². The Morgan fingerprint density at radius 1 is 1.26 bits per heavy atom. The first-order chi connectivity index (χ1) is 14.5. The summed E-state index contributed by atoms with van der Waals surface area (Å²) >= 11 is 0. The molecule has 7 heteroatoms. The minimum atomic E-state index is -2.19. The molecule has 7 nitrogen and oxygen atoms in total. The molecule has 4 saturated carbocycles. The fourth-order valence-electron chi connectivity index (χ4n) is 8.44. The Hall–Kier alpha value is -1.28. The summed E-state index contributed by atoms with van der Waals surface area (Å²) < 4.78 is 11.9. The van der Waals surface area contributed by atoms with E-state index in [1.807, 2.05) is 20.8 Å². The average Bonchev–Trinajstić information content (AvgIpc) is 2.82. The third-order valence-corrected chi connectivity index (χ3v) is 9.56. The number of carbonyl (C=O) groups excluding carboxylic acids is 2. The van der Waals surface area contributed by atoms with Crippen LogP contribution in [0.1, 0.15) is 59.3 Å². The second-order valence-corrected chi connectivity index (χ2v) is 11.2. The zero-order chi connectivity index (χ0) is 22.6. The molecule has 0 aromatic carbocycles. The summed E-state index contributed by atoms with van der Waals surface area (Å²) in [4.78, 5) is 26.4. The van der Waals surface area contributed by atoms with Crippen molar-refractivity contribution in [3.8, 4) is 0 Å². The zero-order valence-corrected chi connectivity index (χ0v) is 18.6. The van der Waals surface area contributed by atoms with E-state index in [-0.39, 0.29) is 24.2 Å². The number of aliphatic hydroxyl groups excluding tert-OH is 2. The SMILES string of the molecule is C=C1C(=O)C23C(OC(=O)CCC)C1CCC2C12COC3(O)C(O)C1C(C)(C)CCC2O. The number of ketones is 1. The van der Waals surface area contributed by atoms with Gasteiger partial charge >= 0.3 is 5.97 Å². The van der Waals surface area contributed by atoms with Crippen molar-refractivity contribution in [2.45, 2.75) is 83.4 Å². The second-order valence-electron chi connectivity index (χ2n) is 11.2. The lowest BCUT2D eigenvalue weighted by molar-refractivity contribution is -0.458. The van der Waals surface area contributed by atoms with E-state index in [4.69, 9.17) is 9.47 Å². The fourth-order valence-corrected chi connectivity index (χ4v) is 8.44. The number of ether oxygens (including phenoxy) is 2. The van der Waals surface area contributed by atoms with Crippen LogP contribution in [0.15, 0.2) is 12.2 Å². The predicted octanol–water partition coefficient (Wildman–Crippen LogP) is 1.73. The van der Waals surface area contributed by atoms with Gasteiger partial charge in [0.2, 0.25) is 5.79 Å². The van der Waals surface area contributed by atoms with Gasteiger partial charge in [-0.3, -0.25) is 9.59 Å². The van der Waals surface area contributed by atoms with E-state index in [0.717, 1.165) is 0 Å². The molecule has 2 spiro atoms. The first kappa shape index (κ1) is 21.6. The number of hydrogen-bond donors (Lipinski definition) is 3. The van der Waals surface area contributed by atoms with E-state index in [2.05, 4.69) is 6.58 Å². The maximum Gasteiger partial charge on any atom is 0.306 e. The molecule has 0 amide bonds. The Kier molecular flexibility index (Phi) is 4.45. The van der Waals surface area contributed by atoms with Gasteiger partial charge in [0.15, 0.2) is 5.78 Å². The molecule has 3 N–H and O–H groups in total. The van der Waals surface area contributed by atoms with Crippen molar-refractivity contribution >= 4 is 11.8 Å². The van der Waals surface area contributed by atoms with Crippen LogP contribution in [0.4, 0.5) is 0 Å². The van der Waals surface area contributed by atoms with Crippen LogP contribution in [0.2, 0.25) is 0 Å². The second kappa shape index (κ2) is 6.40. The molecule has 6 rings (SSSR count). The highest BCUT2D eigenvalue weighted by molar-refractivity contribution is 6.05. The summed E-state index contributed by atoms with van der Waals surface area (Å²) in [6.07, 6.45) is 0.101. The van der Waals surface area contributed by atoms with Gasteiger partial charge in [0.25, 0.3) is 0 Å². The number of esters is 1. The molecule has 9 atom stereocenters. The van der Waals surface area contributed by atoms with Crippen molar-refractivity contribution in [3.05, 3.63) is 12.2 Å². The third-order valence-electron chi connectivity index (χ3n) is 9.56. The highest BCUT2D eigenvalue weighted by atomic mass is 16.6. The molecular formula is C24H34O7. The summed E-state index contributed by atoms with van der Waals surface area (Å²) in [5.41, 5.74) is -2.57. The van der Waals surface area contributed by atoms with E-state index in [0.29, 0.717) is 37.7 Å². The van der Waals surface area contributed by atoms with Gasteiger partial charge < -0.3 is 24.8 Å². The molecule has 6 fully saturated rings. The van der Waals surface area contributed by atoms with Gasteiger partial charge in [-0.2, -0.15) is 0 Å². The van der Waals surface area contributed by atoms with Crippen LogP contribution in [0, 0.1) is 34.0 Å². The standard InChI is InChI=1S/C24H34O7/c1-5-6-16(26)31-20-13-7-8-14-22-11-30-24(29,23(14,20)18(27)12(13)2)19(28)17(22)21(3,4)10-9-15(22)25/h13-15,17,19-20,25,28-29H,2,5-11H2,1,3-4H3. The molecule has 0 aromatic rings. The first-order valence-electron chi connectivity index (χ1n) is 11.7. The number of aliphatic hydroxyl groups is 3. The molecule has 0 aromatic heterocycles. The van der Waals surface area contributed by atoms with Crippen molar-refractivity contribution in [2.24, 2.45) is 34.0 Å². The quantitative estimate of drug-likeness (QED) is 0.458. The summed E-state index contributed by atoms with van der Waals surface area (Å²) in [7, 11) is 0. The lowest BCUT2D eigenvalue weighted by Crippen LogP contribution is -2.85. The maximum atomic E-state index is 13.8. The lowest BCUT2D eigenvalue weighted by atomic mass is 9.35. The largest absolute Gasteiger partial charge is 0.460 e. The summed E-state index contributed by atoms with van der Waals surface area (Å²) in [5.74, 6) is -4.33. The molecular weight excluding hydrogens is 400 g/mol. The van der Waals surface area contributed by atoms with Gasteiger partial charge in [0, 0.05) is 23.7 Å². The van der Waals surface area contributed by atoms with Crippen LogP contribution < -0.4 is 0 Å². The van der Waals surface area contributed by atoms with E-state index < -0.39 is 58.7 Å². The number of rotatable bonds is 3.